The van der Waals surface area contributed by atoms with Gasteiger partial charge >= 0.3 is 0 Å². The molecule has 18 heavy (non-hydrogen) atoms. The van der Waals surface area contributed by atoms with Gasteiger partial charge in [0.1, 0.15) is 0 Å². The lowest BCUT2D eigenvalue weighted by Gasteiger charge is -2.33. The van der Waals surface area contributed by atoms with Gasteiger partial charge < -0.3 is 14.6 Å². The molecular weight excluding hydrogens is 228 g/mol. The van der Waals surface area contributed by atoms with E-state index in [0.717, 1.165) is 16.5 Å². The average Bonchev–Trinajstić information content (AvgIpc) is 2.86. The Hall–Kier alpha value is -1.81. The van der Waals surface area contributed by atoms with E-state index in [-0.39, 0.29) is 11.9 Å². The number of ether oxygens (including phenoxy) is 1. The van der Waals surface area contributed by atoms with Crippen LogP contribution in [-0.2, 0) is 4.74 Å². The van der Waals surface area contributed by atoms with E-state index in [1.165, 1.54) is 0 Å². The first-order valence-electron chi connectivity index (χ1n) is 6.22. The number of morpholine rings is 1. The summed E-state index contributed by atoms with van der Waals surface area (Å²) in [6.07, 6.45) is 1.87. The van der Waals surface area contributed by atoms with E-state index in [1.54, 1.807) is 0 Å². The fourth-order valence-corrected chi connectivity index (χ4v) is 2.45. The third-order valence-corrected chi connectivity index (χ3v) is 3.45. The fraction of sp³-hybridized carbons (Fsp3) is 0.357. The Balaban J connectivity index is 1.98. The predicted octanol–water partition coefficient (Wildman–Crippen LogP) is 2.03. The van der Waals surface area contributed by atoms with Crippen molar-refractivity contribution in [3.05, 3.63) is 36.0 Å². The van der Waals surface area contributed by atoms with Gasteiger partial charge in [-0.15, -0.1) is 0 Å². The molecule has 1 aromatic heterocycles. The van der Waals surface area contributed by atoms with Crippen molar-refractivity contribution in [1.82, 2.24) is 9.88 Å². The molecule has 1 amide bonds. The summed E-state index contributed by atoms with van der Waals surface area (Å²) in [5, 5.41) is 1.07. The van der Waals surface area contributed by atoms with Crippen molar-refractivity contribution >= 4 is 16.8 Å². The van der Waals surface area contributed by atoms with Gasteiger partial charge in [-0.25, -0.2) is 0 Å². The Bertz CT molecular complexity index is 576. The summed E-state index contributed by atoms with van der Waals surface area (Å²) in [5.41, 5.74) is 1.66. The standard InChI is InChI=1S/C14H16N2O2/c1-10-9-18-8-7-16(10)14(17)12-4-2-3-11-5-6-15-13(11)12/h2-6,10,15H,7-9H2,1H3/t10-/m1/s1. The number of nitrogens with zero attached hydrogens (tertiary/aromatic N) is 1. The molecule has 94 valence electrons. The zero-order valence-corrected chi connectivity index (χ0v) is 10.3. The molecule has 2 heterocycles. The number of hydrogen-bond acceptors (Lipinski definition) is 2. The summed E-state index contributed by atoms with van der Waals surface area (Å²) in [6, 6.07) is 7.93. The Kier molecular flexibility index (Phi) is 2.80. The molecule has 3 rings (SSSR count). The minimum Gasteiger partial charge on any atom is -0.377 e. The second-order valence-electron chi connectivity index (χ2n) is 4.67. The van der Waals surface area contributed by atoms with Crippen LogP contribution in [0.25, 0.3) is 10.9 Å². The van der Waals surface area contributed by atoms with Crippen molar-refractivity contribution in [2.45, 2.75) is 13.0 Å². The zero-order valence-electron chi connectivity index (χ0n) is 10.3. The van der Waals surface area contributed by atoms with E-state index < -0.39 is 0 Å². The van der Waals surface area contributed by atoms with Crippen molar-refractivity contribution in [3.8, 4) is 0 Å². The molecule has 0 radical (unpaired) electrons. The molecule has 4 heteroatoms. The van der Waals surface area contributed by atoms with Gasteiger partial charge in [0, 0.05) is 18.1 Å². The van der Waals surface area contributed by atoms with Crippen LogP contribution in [0.3, 0.4) is 0 Å². The molecule has 0 aliphatic carbocycles. The number of rotatable bonds is 1. The second kappa shape index (κ2) is 4.46. The molecule has 0 saturated carbocycles. The zero-order chi connectivity index (χ0) is 12.5. The number of para-hydroxylation sites is 1. The molecule has 1 atom stereocenters. The molecule has 0 spiro atoms. The summed E-state index contributed by atoms with van der Waals surface area (Å²) >= 11 is 0. The van der Waals surface area contributed by atoms with Crippen LogP contribution in [0, 0.1) is 0 Å². The molecule has 0 unspecified atom stereocenters. The molecule has 1 aliphatic heterocycles. The highest BCUT2D eigenvalue weighted by Gasteiger charge is 2.25. The van der Waals surface area contributed by atoms with Crippen molar-refractivity contribution in [3.63, 3.8) is 0 Å². The largest absolute Gasteiger partial charge is 0.377 e. The maximum absolute atomic E-state index is 12.6. The van der Waals surface area contributed by atoms with Gasteiger partial charge in [0.2, 0.25) is 0 Å². The molecule has 4 nitrogen and oxygen atoms in total. The van der Waals surface area contributed by atoms with Crippen molar-refractivity contribution in [2.75, 3.05) is 19.8 Å². The minimum absolute atomic E-state index is 0.0823. The van der Waals surface area contributed by atoms with Gasteiger partial charge in [-0.1, -0.05) is 12.1 Å². The fourth-order valence-electron chi connectivity index (χ4n) is 2.45. The number of aromatic amines is 1. The lowest BCUT2D eigenvalue weighted by Crippen LogP contribution is -2.47. The summed E-state index contributed by atoms with van der Waals surface area (Å²) < 4.78 is 5.37. The molecule has 1 fully saturated rings. The number of H-pyrrole nitrogens is 1. The lowest BCUT2D eigenvalue weighted by atomic mass is 10.1. The van der Waals surface area contributed by atoms with E-state index in [2.05, 4.69) is 4.98 Å². The molecular formula is C14H16N2O2. The number of aromatic nitrogens is 1. The van der Waals surface area contributed by atoms with Crippen LogP contribution in [-0.4, -0.2) is 41.6 Å². The van der Waals surface area contributed by atoms with Crippen LogP contribution >= 0.6 is 0 Å². The SMILES string of the molecule is C[C@@H]1COCCN1C(=O)c1cccc2cc[nH]c12. The van der Waals surface area contributed by atoms with Crippen molar-refractivity contribution in [2.24, 2.45) is 0 Å². The molecule has 1 aliphatic rings. The van der Waals surface area contributed by atoms with E-state index in [9.17, 15) is 4.79 Å². The Morgan fingerprint density at radius 3 is 3.17 bits per heavy atom. The number of amides is 1. The van der Waals surface area contributed by atoms with Crippen LogP contribution in [0.15, 0.2) is 30.5 Å². The van der Waals surface area contributed by atoms with Gasteiger partial charge in [0.25, 0.3) is 5.91 Å². The Morgan fingerprint density at radius 2 is 2.33 bits per heavy atom. The lowest BCUT2D eigenvalue weighted by molar-refractivity contribution is 0.00369. The van der Waals surface area contributed by atoms with E-state index in [4.69, 9.17) is 4.74 Å². The van der Waals surface area contributed by atoms with Crippen LogP contribution in [0.2, 0.25) is 0 Å². The van der Waals surface area contributed by atoms with E-state index >= 15 is 0 Å². The number of benzene rings is 1. The predicted molar refractivity (Wildman–Crippen MR) is 69.6 cm³/mol. The minimum atomic E-state index is 0.0823. The number of nitrogens with one attached hydrogen (secondary N) is 1. The molecule has 1 N–H and O–H groups in total. The highest BCUT2D eigenvalue weighted by atomic mass is 16.5. The maximum atomic E-state index is 12.6. The van der Waals surface area contributed by atoms with Gasteiger partial charge in [-0.3, -0.25) is 4.79 Å². The highest BCUT2D eigenvalue weighted by molar-refractivity contribution is 6.05. The van der Waals surface area contributed by atoms with Gasteiger partial charge in [-0.2, -0.15) is 0 Å². The van der Waals surface area contributed by atoms with Crippen LogP contribution in [0.1, 0.15) is 17.3 Å². The summed E-state index contributed by atoms with van der Waals surface area (Å²) in [4.78, 5) is 17.6. The van der Waals surface area contributed by atoms with Crippen LogP contribution < -0.4 is 0 Å². The van der Waals surface area contributed by atoms with Gasteiger partial charge in [0.15, 0.2) is 0 Å². The Labute approximate surface area is 106 Å². The number of carbonyl (C=O) groups is 1. The topological polar surface area (TPSA) is 45.3 Å². The van der Waals surface area contributed by atoms with E-state index in [1.807, 2.05) is 42.3 Å². The number of carbonyl (C=O) groups excluding carboxylic acids is 1. The van der Waals surface area contributed by atoms with E-state index in [0.29, 0.717) is 19.8 Å². The number of fused-ring (bicyclic) bond motifs is 1. The summed E-state index contributed by atoms with van der Waals surface area (Å²) in [5.74, 6) is 0.0823. The van der Waals surface area contributed by atoms with Crippen LogP contribution in [0.4, 0.5) is 0 Å². The smallest absolute Gasteiger partial charge is 0.256 e. The molecule has 2 aromatic rings. The molecule has 1 aromatic carbocycles. The third kappa shape index (κ3) is 1.78. The number of hydrogen-bond donors (Lipinski definition) is 1. The van der Waals surface area contributed by atoms with Gasteiger partial charge in [0.05, 0.1) is 30.3 Å². The normalized spacial score (nSPS) is 20.3. The second-order valence-corrected chi connectivity index (χ2v) is 4.67. The Morgan fingerprint density at radius 1 is 1.44 bits per heavy atom. The summed E-state index contributed by atoms with van der Waals surface area (Å²) in [6.45, 7) is 3.92. The first-order chi connectivity index (χ1) is 8.77. The van der Waals surface area contributed by atoms with Gasteiger partial charge in [-0.05, 0) is 19.1 Å². The first-order valence-corrected chi connectivity index (χ1v) is 6.22. The maximum Gasteiger partial charge on any atom is 0.256 e. The summed E-state index contributed by atoms with van der Waals surface area (Å²) in [7, 11) is 0. The highest BCUT2D eigenvalue weighted by Crippen LogP contribution is 2.20. The average molecular weight is 244 g/mol. The molecule has 0 bridgehead atoms. The van der Waals surface area contributed by atoms with Crippen LogP contribution in [0.5, 0.6) is 0 Å². The van der Waals surface area contributed by atoms with Crippen molar-refractivity contribution in [1.29, 1.82) is 0 Å². The first kappa shape index (κ1) is 11.3. The monoisotopic (exact) mass is 244 g/mol. The van der Waals surface area contributed by atoms with Crippen molar-refractivity contribution < 1.29 is 9.53 Å². The third-order valence-electron chi connectivity index (χ3n) is 3.45. The molecule has 1 saturated heterocycles. The quantitative estimate of drug-likeness (QED) is 0.834.